The van der Waals surface area contributed by atoms with E-state index in [9.17, 15) is 4.79 Å². The monoisotopic (exact) mass is 304 g/mol. The standard InChI is InChI=1S/C13H20N2O2S.ClH/c1-3-8-15(10-6-7-14-9-10)13(16)11-4-5-12(17-11)18-2;/h4-5,10,14H,3,6-9H2,1-2H3;1H. The molecule has 1 atom stereocenters. The van der Waals surface area contributed by atoms with Crippen molar-refractivity contribution in [3.8, 4) is 0 Å². The lowest BCUT2D eigenvalue weighted by Crippen LogP contribution is -2.41. The molecule has 0 aliphatic carbocycles. The number of halogens is 1. The number of nitrogens with one attached hydrogen (secondary N) is 1. The largest absolute Gasteiger partial charge is 0.445 e. The molecule has 1 unspecified atom stereocenters. The molecule has 1 amide bonds. The van der Waals surface area contributed by atoms with Crippen LogP contribution in [0.1, 0.15) is 30.3 Å². The van der Waals surface area contributed by atoms with Crippen molar-refractivity contribution in [2.45, 2.75) is 30.9 Å². The predicted molar refractivity (Wildman–Crippen MR) is 80.3 cm³/mol. The molecule has 1 aromatic heterocycles. The first-order valence-electron chi connectivity index (χ1n) is 6.41. The van der Waals surface area contributed by atoms with Crippen LogP contribution in [0.3, 0.4) is 0 Å². The van der Waals surface area contributed by atoms with Gasteiger partial charge in [-0.2, -0.15) is 0 Å². The molecule has 1 saturated heterocycles. The van der Waals surface area contributed by atoms with Crippen molar-refractivity contribution in [2.24, 2.45) is 0 Å². The molecule has 6 heteroatoms. The molecule has 4 nitrogen and oxygen atoms in total. The molecule has 0 radical (unpaired) electrons. The summed E-state index contributed by atoms with van der Waals surface area (Å²) < 4.78 is 5.53. The maximum absolute atomic E-state index is 12.4. The summed E-state index contributed by atoms with van der Waals surface area (Å²) in [5.74, 6) is 0.477. The van der Waals surface area contributed by atoms with Crippen molar-refractivity contribution in [3.63, 3.8) is 0 Å². The molecule has 0 aromatic carbocycles. The van der Waals surface area contributed by atoms with E-state index in [1.165, 1.54) is 11.8 Å². The molecule has 108 valence electrons. The summed E-state index contributed by atoms with van der Waals surface area (Å²) in [6.45, 7) is 4.77. The Morgan fingerprint density at radius 2 is 2.37 bits per heavy atom. The molecule has 2 heterocycles. The van der Waals surface area contributed by atoms with E-state index in [0.29, 0.717) is 11.8 Å². The maximum Gasteiger partial charge on any atom is 0.289 e. The number of nitrogens with zero attached hydrogens (tertiary/aromatic N) is 1. The fourth-order valence-electron chi connectivity index (χ4n) is 2.28. The third-order valence-corrected chi connectivity index (χ3v) is 3.82. The lowest BCUT2D eigenvalue weighted by atomic mass is 10.2. The molecule has 1 aliphatic rings. The average Bonchev–Trinajstić information content (AvgIpc) is 3.05. The number of amides is 1. The van der Waals surface area contributed by atoms with Gasteiger partial charge >= 0.3 is 0 Å². The Balaban J connectivity index is 0.00000180. The minimum absolute atomic E-state index is 0. The number of thioether (sulfide) groups is 1. The molecule has 0 spiro atoms. The van der Waals surface area contributed by atoms with Gasteiger partial charge < -0.3 is 14.6 Å². The molecule has 1 aromatic rings. The van der Waals surface area contributed by atoms with Crippen LogP contribution in [0, 0.1) is 0 Å². The number of hydrogen-bond donors (Lipinski definition) is 1. The zero-order chi connectivity index (χ0) is 13.0. The van der Waals surface area contributed by atoms with Gasteiger partial charge in [0.25, 0.3) is 5.91 Å². The third-order valence-electron chi connectivity index (χ3n) is 3.19. The van der Waals surface area contributed by atoms with Crippen LogP contribution in [0.25, 0.3) is 0 Å². The molecular weight excluding hydrogens is 284 g/mol. The van der Waals surface area contributed by atoms with Crippen molar-refractivity contribution in [2.75, 3.05) is 25.9 Å². The normalized spacial score (nSPS) is 18.1. The molecular formula is C13H21ClN2O2S. The SMILES string of the molecule is CCCN(C(=O)c1ccc(SC)o1)C1CCNC1.Cl. The highest BCUT2D eigenvalue weighted by Gasteiger charge is 2.28. The Morgan fingerprint density at radius 3 is 2.89 bits per heavy atom. The number of carbonyl (C=O) groups excluding carboxylic acids is 1. The Hall–Kier alpha value is -0.650. The minimum atomic E-state index is 0. The van der Waals surface area contributed by atoms with E-state index in [0.717, 1.165) is 37.6 Å². The minimum Gasteiger partial charge on any atom is -0.445 e. The Labute approximate surface area is 124 Å². The summed E-state index contributed by atoms with van der Waals surface area (Å²) in [6, 6.07) is 3.94. The van der Waals surface area contributed by atoms with Gasteiger partial charge in [-0.05, 0) is 37.8 Å². The van der Waals surface area contributed by atoms with Gasteiger partial charge in [0.15, 0.2) is 10.9 Å². The van der Waals surface area contributed by atoms with Crippen molar-refractivity contribution in [3.05, 3.63) is 17.9 Å². The molecule has 1 aliphatic heterocycles. The Morgan fingerprint density at radius 1 is 1.58 bits per heavy atom. The summed E-state index contributed by atoms with van der Waals surface area (Å²) in [4.78, 5) is 14.4. The van der Waals surface area contributed by atoms with E-state index < -0.39 is 0 Å². The zero-order valence-electron chi connectivity index (χ0n) is 11.3. The molecule has 19 heavy (non-hydrogen) atoms. The second-order valence-corrected chi connectivity index (χ2v) is 5.28. The van der Waals surface area contributed by atoms with E-state index in [2.05, 4.69) is 12.2 Å². The van der Waals surface area contributed by atoms with Crippen LogP contribution in [-0.2, 0) is 0 Å². The van der Waals surface area contributed by atoms with Gasteiger partial charge in [-0.15, -0.1) is 12.4 Å². The molecule has 0 saturated carbocycles. The molecule has 0 bridgehead atoms. The van der Waals surface area contributed by atoms with Gasteiger partial charge in [0.2, 0.25) is 0 Å². The van der Waals surface area contributed by atoms with Crippen molar-refractivity contribution in [1.29, 1.82) is 0 Å². The quantitative estimate of drug-likeness (QED) is 0.850. The van der Waals surface area contributed by atoms with Crippen molar-refractivity contribution < 1.29 is 9.21 Å². The first-order chi connectivity index (χ1) is 8.76. The summed E-state index contributed by atoms with van der Waals surface area (Å²) in [5, 5.41) is 4.10. The maximum atomic E-state index is 12.4. The lowest BCUT2D eigenvalue weighted by molar-refractivity contribution is 0.0654. The van der Waals surface area contributed by atoms with Gasteiger partial charge in [0, 0.05) is 19.1 Å². The van der Waals surface area contributed by atoms with Crippen molar-refractivity contribution in [1.82, 2.24) is 10.2 Å². The molecule has 1 fully saturated rings. The van der Waals surface area contributed by atoms with Gasteiger partial charge in [-0.25, -0.2) is 0 Å². The second-order valence-electron chi connectivity index (χ2n) is 4.47. The third kappa shape index (κ3) is 3.91. The number of carbonyl (C=O) groups is 1. The zero-order valence-corrected chi connectivity index (χ0v) is 13.0. The number of hydrogen-bond acceptors (Lipinski definition) is 4. The first-order valence-corrected chi connectivity index (χ1v) is 7.64. The van der Waals surface area contributed by atoms with Gasteiger partial charge in [0.05, 0.1) is 0 Å². The van der Waals surface area contributed by atoms with E-state index in [1.54, 1.807) is 6.07 Å². The van der Waals surface area contributed by atoms with E-state index in [1.807, 2.05) is 17.2 Å². The van der Waals surface area contributed by atoms with Crippen LogP contribution in [0.2, 0.25) is 0 Å². The molecule has 1 N–H and O–H groups in total. The van der Waals surface area contributed by atoms with Crippen LogP contribution in [0.5, 0.6) is 0 Å². The summed E-state index contributed by atoms with van der Waals surface area (Å²) in [5.41, 5.74) is 0. The highest BCUT2D eigenvalue weighted by Crippen LogP contribution is 2.21. The summed E-state index contributed by atoms with van der Waals surface area (Å²) >= 11 is 1.51. The van der Waals surface area contributed by atoms with E-state index >= 15 is 0 Å². The summed E-state index contributed by atoms with van der Waals surface area (Å²) in [6.07, 6.45) is 3.94. The molecule has 2 rings (SSSR count). The Bertz CT molecular complexity index is 405. The van der Waals surface area contributed by atoms with Crippen LogP contribution in [0.15, 0.2) is 21.6 Å². The lowest BCUT2D eigenvalue weighted by Gasteiger charge is -2.27. The smallest absolute Gasteiger partial charge is 0.289 e. The second kappa shape index (κ2) is 7.82. The predicted octanol–water partition coefficient (Wildman–Crippen LogP) is 2.64. The average molecular weight is 305 g/mol. The van der Waals surface area contributed by atoms with Gasteiger partial charge in [0.1, 0.15) is 0 Å². The fraction of sp³-hybridized carbons (Fsp3) is 0.615. The van der Waals surface area contributed by atoms with Crippen LogP contribution in [-0.4, -0.2) is 42.7 Å². The first kappa shape index (κ1) is 16.4. The van der Waals surface area contributed by atoms with Crippen LogP contribution in [0.4, 0.5) is 0 Å². The highest BCUT2D eigenvalue weighted by atomic mass is 35.5. The highest BCUT2D eigenvalue weighted by molar-refractivity contribution is 7.98. The summed E-state index contributed by atoms with van der Waals surface area (Å²) in [7, 11) is 0. The Kier molecular flexibility index (Phi) is 6.75. The number of furan rings is 1. The van der Waals surface area contributed by atoms with Crippen LogP contribution >= 0.6 is 24.2 Å². The van der Waals surface area contributed by atoms with Crippen LogP contribution < -0.4 is 5.32 Å². The number of rotatable bonds is 5. The van der Waals surface area contributed by atoms with Crippen molar-refractivity contribution >= 4 is 30.1 Å². The van der Waals surface area contributed by atoms with E-state index in [-0.39, 0.29) is 18.3 Å². The topological polar surface area (TPSA) is 45.5 Å². The fourth-order valence-corrected chi connectivity index (χ4v) is 2.66. The van der Waals surface area contributed by atoms with Gasteiger partial charge in [-0.1, -0.05) is 18.7 Å². The van der Waals surface area contributed by atoms with E-state index in [4.69, 9.17) is 4.42 Å². The van der Waals surface area contributed by atoms with Gasteiger partial charge in [-0.3, -0.25) is 4.79 Å².